The average molecular weight is 276 g/mol. The van der Waals surface area contributed by atoms with Crippen LogP contribution in [0.4, 0.5) is 5.69 Å². The summed E-state index contributed by atoms with van der Waals surface area (Å²) in [6.45, 7) is 3.21. The maximum Gasteiger partial charge on any atom is 0.253 e. The Morgan fingerprint density at radius 1 is 1.20 bits per heavy atom. The number of likely N-dealkylation sites (tertiary alicyclic amines) is 1. The lowest BCUT2D eigenvalue weighted by atomic mass is 9.98. The summed E-state index contributed by atoms with van der Waals surface area (Å²) in [5.41, 5.74) is 1.17. The standard InChI is InChI=1S/C16H24N2O2/c1-16(20)9-4-11-18(12-10-16)15(19)13-5-7-14(8-6-13)17(2)3/h5-8,20H,4,9-12H2,1-3H3. The molecule has 2 rings (SSSR count). The molecule has 1 N–H and O–H groups in total. The Kier molecular flexibility index (Phi) is 4.33. The zero-order valence-corrected chi connectivity index (χ0v) is 12.6. The third-order valence-electron chi connectivity index (χ3n) is 3.98. The van der Waals surface area contributed by atoms with Gasteiger partial charge in [0, 0.05) is 38.4 Å². The van der Waals surface area contributed by atoms with E-state index in [9.17, 15) is 9.90 Å². The largest absolute Gasteiger partial charge is 0.390 e. The Bertz CT molecular complexity index is 466. The Morgan fingerprint density at radius 2 is 1.85 bits per heavy atom. The van der Waals surface area contributed by atoms with Gasteiger partial charge in [-0.1, -0.05) is 0 Å². The van der Waals surface area contributed by atoms with Crippen molar-refractivity contribution in [3.63, 3.8) is 0 Å². The summed E-state index contributed by atoms with van der Waals surface area (Å²) < 4.78 is 0. The maximum atomic E-state index is 12.5. The summed E-state index contributed by atoms with van der Waals surface area (Å²) in [6.07, 6.45) is 2.26. The molecule has 0 bridgehead atoms. The molecule has 1 amide bonds. The summed E-state index contributed by atoms with van der Waals surface area (Å²) >= 11 is 0. The molecule has 4 heteroatoms. The van der Waals surface area contributed by atoms with Gasteiger partial charge in [-0.05, 0) is 50.5 Å². The minimum atomic E-state index is -0.635. The zero-order valence-electron chi connectivity index (χ0n) is 12.6. The van der Waals surface area contributed by atoms with Gasteiger partial charge in [-0.3, -0.25) is 4.79 Å². The van der Waals surface area contributed by atoms with Crippen LogP contribution in [-0.2, 0) is 0 Å². The number of carbonyl (C=O) groups excluding carboxylic acids is 1. The predicted molar refractivity (Wildman–Crippen MR) is 81.1 cm³/mol. The van der Waals surface area contributed by atoms with Gasteiger partial charge < -0.3 is 14.9 Å². The fraction of sp³-hybridized carbons (Fsp3) is 0.562. The van der Waals surface area contributed by atoms with E-state index in [1.165, 1.54) is 0 Å². The predicted octanol–water partition coefficient (Wildman–Crippen LogP) is 2.13. The highest BCUT2D eigenvalue weighted by Crippen LogP contribution is 2.23. The first kappa shape index (κ1) is 14.9. The van der Waals surface area contributed by atoms with E-state index in [2.05, 4.69) is 0 Å². The van der Waals surface area contributed by atoms with Crippen LogP contribution in [-0.4, -0.2) is 48.7 Å². The Labute approximate surface area is 121 Å². The number of rotatable bonds is 2. The van der Waals surface area contributed by atoms with Crippen molar-refractivity contribution in [3.8, 4) is 0 Å². The lowest BCUT2D eigenvalue weighted by molar-refractivity contribution is 0.0438. The number of nitrogens with zero attached hydrogens (tertiary/aromatic N) is 2. The molecule has 20 heavy (non-hydrogen) atoms. The van der Waals surface area contributed by atoms with Crippen molar-refractivity contribution in [2.45, 2.75) is 31.8 Å². The smallest absolute Gasteiger partial charge is 0.253 e. The first-order valence-corrected chi connectivity index (χ1v) is 7.18. The quantitative estimate of drug-likeness (QED) is 0.900. The first-order valence-electron chi connectivity index (χ1n) is 7.18. The van der Waals surface area contributed by atoms with E-state index >= 15 is 0 Å². The lowest BCUT2D eigenvalue weighted by Gasteiger charge is -2.23. The van der Waals surface area contributed by atoms with E-state index in [0.29, 0.717) is 13.0 Å². The molecule has 0 spiro atoms. The molecule has 110 valence electrons. The van der Waals surface area contributed by atoms with Gasteiger partial charge in [-0.2, -0.15) is 0 Å². The number of aliphatic hydroxyl groups is 1. The van der Waals surface area contributed by atoms with E-state index in [1.54, 1.807) is 0 Å². The third-order valence-corrected chi connectivity index (χ3v) is 3.98. The molecule has 0 aliphatic carbocycles. The van der Waals surface area contributed by atoms with Gasteiger partial charge in [0.25, 0.3) is 5.91 Å². The number of carbonyl (C=O) groups is 1. The van der Waals surface area contributed by atoms with Gasteiger partial charge in [0.05, 0.1) is 5.60 Å². The molecular formula is C16H24N2O2. The third kappa shape index (κ3) is 3.51. The monoisotopic (exact) mass is 276 g/mol. The number of benzene rings is 1. The summed E-state index contributed by atoms with van der Waals surface area (Å²) in [5, 5.41) is 10.1. The van der Waals surface area contributed by atoms with Gasteiger partial charge in [-0.25, -0.2) is 0 Å². The number of hydrogen-bond acceptors (Lipinski definition) is 3. The highest BCUT2D eigenvalue weighted by Gasteiger charge is 2.27. The first-order chi connectivity index (χ1) is 9.39. The van der Waals surface area contributed by atoms with Crippen molar-refractivity contribution in [1.82, 2.24) is 4.90 Å². The molecule has 0 aromatic heterocycles. The van der Waals surface area contributed by atoms with Gasteiger partial charge in [0.1, 0.15) is 0 Å². The second kappa shape index (κ2) is 5.83. The average Bonchev–Trinajstić information content (AvgIpc) is 2.59. The van der Waals surface area contributed by atoms with Crippen LogP contribution in [0.2, 0.25) is 0 Å². The molecule has 1 aromatic carbocycles. The molecule has 1 atom stereocenters. The van der Waals surface area contributed by atoms with Crippen LogP contribution in [0.3, 0.4) is 0 Å². The molecular weight excluding hydrogens is 252 g/mol. The van der Waals surface area contributed by atoms with Gasteiger partial charge in [0.2, 0.25) is 0 Å². The van der Waals surface area contributed by atoms with Crippen LogP contribution in [0.15, 0.2) is 24.3 Å². The van der Waals surface area contributed by atoms with Gasteiger partial charge >= 0.3 is 0 Å². The number of hydrogen-bond donors (Lipinski definition) is 1. The van der Waals surface area contributed by atoms with Crippen LogP contribution in [0, 0.1) is 0 Å². The number of amides is 1. The number of anilines is 1. The molecule has 4 nitrogen and oxygen atoms in total. The van der Waals surface area contributed by atoms with E-state index in [-0.39, 0.29) is 5.91 Å². The van der Waals surface area contributed by atoms with Crippen molar-refractivity contribution in [1.29, 1.82) is 0 Å². The van der Waals surface area contributed by atoms with Crippen LogP contribution in [0.5, 0.6) is 0 Å². The van der Waals surface area contributed by atoms with Crippen molar-refractivity contribution in [2.24, 2.45) is 0 Å². The lowest BCUT2D eigenvalue weighted by Crippen LogP contribution is -2.33. The second-order valence-electron chi connectivity index (χ2n) is 6.08. The van der Waals surface area contributed by atoms with Crippen molar-refractivity contribution in [2.75, 3.05) is 32.1 Å². The fourth-order valence-corrected chi connectivity index (χ4v) is 2.55. The maximum absolute atomic E-state index is 12.5. The molecule has 1 fully saturated rings. The summed E-state index contributed by atoms with van der Waals surface area (Å²) in [4.78, 5) is 16.3. The second-order valence-corrected chi connectivity index (χ2v) is 6.08. The molecule has 0 radical (unpaired) electrons. The van der Waals surface area contributed by atoms with Crippen molar-refractivity contribution < 1.29 is 9.90 Å². The van der Waals surface area contributed by atoms with Crippen molar-refractivity contribution in [3.05, 3.63) is 29.8 Å². The van der Waals surface area contributed by atoms with Gasteiger partial charge in [-0.15, -0.1) is 0 Å². The van der Waals surface area contributed by atoms with Crippen LogP contribution >= 0.6 is 0 Å². The molecule has 1 aromatic rings. The summed E-state index contributed by atoms with van der Waals surface area (Å²) in [7, 11) is 3.96. The Balaban J connectivity index is 2.07. The normalized spacial score (nSPS) is 23.3. The highest BCUT2D eigenvalue weighted by molar-refractivity contribution is 5.94. The topological polar surface area (TPSA) is 43.8 Å². The molecule has 1 aliphatic heterocycles. The minimum Gasteiger partial charge on any atom is -0.390 e. The van der Waals surface area contributed by atoms with Crippen LogP contribution in [0.1, 0.15) is 36.5 Å². The van der Waals surface area contributed by atoms with E-state index in [4.69, 9.17) is 0 Å². The van der Waals surface area contributed by atoms with E-state index in [1.807, 2.05) is 55.1 Å². The van der Waals surface area contributed by atoms with Crippen molar-refractivity contribution >= 4 is 11.6 Å². The molecule has 1 unspecified atom stereocenters. The highest BCUT2D eigenvalue weighted by atomic mass is 16.3. The van der Waals surface area contributed by atoms with E-state index < -0.39 is 5.60 Å². The Morgan fingerprint density at radius 3 is 2.45 bits per heavy atom. The molecule has 1 saturated heterocycles. The van der Waals surface area contributed by atoms with Crippen LogP contribution < -0.4 is 4.90 Å². The molecule has 1 aliphatic rings. The Hall–Kier alpha value is -1.55. The fourth-order valence-electron chi connectivity index (χ4n) is 2.55. The van der Waals surface area contributed by atoms with Gasteiger partial charge in [0.15, 0.2) is 0 Å². The molecule has 0 saturated carbocycles. The zero-order chi connectivity index (χ0) is 14.8. The SMILES string of the molecule is CN(C)c1ccc(C(=O)N2CCCC(C)(O)CC2)cc1. The van der Waals surface area contributed by atoms with Crippen LogP contribution in [0.25, 0.3) is 0 Å². The van der Waals surface area contributed by atoms with E-state index in [0.717, 1.165) is 30.6 Å². The molecule has 1 heterocycles. The summed E-state index contributed by atoms with van der Waals surface area (Å²) in [5.74, 6) is 0.0630. The minimum absolute atomic E-state index is 0.0630. The summed E-state index contributed by atoms with van der Waals surface area (Å²) in [6, 6.07) is 7.67.